The molecule has 1 aromatic rings. The van der Waals surface area contributed by atoms with Gasteiger partial charge in [0, 0.05) is 12.4 Å². The van der Waals surface area contributed by atoms with E-state index in [0.29, 0.717) is 5.56 Å². The monoisotopic (exact) mass is 290 g/mol. The summed E-state index contributed by atoms with van der Waals surface area (Å²) in [4.78, 5) is 27.5. The highest BCUT2D eigenvalue weighted by molar-refractivity contribution is 5.77. The third-order valence-electron chi connectivity index (χ3n) is 2.93. The van der Waals surface area contributed by atoms with Crippen molar-refractivity contribution in [3.05, 3.63) is 30.1 Å². The van der Waals surface area contributed by atoms with Crippen LogP contribution in [0.2, 0.25) is 0 Å². The van der Waals surface area contributed by atoms with Gasteiger partial charge in [-0.15, -0.1) is 0 Å². The molecule has 112 valence electrons. The van der Waals surface area contributed by atoms with Crippen molar-refractivity contribution in [1.29, 1.82) is 5.26 Å². The van der Waals surface area contributed by atoms with Gasteiger partial charge in [-0.1, -0.05) is 6.07 Å². The molecule has 0 amide bonds. The maximum absolute atomic E-state index is 11.8. The molecule has 0 aromatic carbocycles. The second kappa shape index (κ2) is 8.00. The number of ether oxygens (including phenoxy) is 2. The average molecular weight is 290 g/mol. The molecule has 6 heteroatoms. The molecule has 0 fully saturated rings. The van der Waals surface area contributed by atoms with Crippen molar-refractivity contribution >= 4 is 11.9 Å². The van der Waals surface area contributed by atoms with Crippen molar-refractivity contribution in [3.63, 3.8) is 0 Å². The average Bonchev–Trinajstić information content (AvgIpc) is 2.48. The molecular formula is C15H18N2O4. The van der Waals surface area contributed by atoms with E-state index in [1.165, 1.54) is 6.20 Å². The lowest BCUT2D eigenvalue weighted by Crippen LogP contribution is -2.32. The first kappa shape index (κ1) is 16.6. The number of carbonyl (C=O) groups is 2. The molecule has 0 saturated heterocycles. The van der Waals surface area contributed by atoms with Crippen LogP contribution in [0.4, 0.5) is 0 Å². The Hall–Kier alpha value is -2.42. The first-order valence-corrected chi connectivity index (χ1v) is 6.71. The number of nitriles is 1. The zero-order chi connectivity index (χ0) is 15.7. The lowest BCUT2D eigenvalue weighted by molar-refractivity contribution is -0.146. The fourth-order valence-electron chi connectivity index (χ4n) is 1.97. The SMILES string of the molecule is CCOC(=O)CC(C#N)(CC(=O)OCC)c1cccnc1. The van der Waals surface area contributed by atoms with Crippen molar-refractivity contribution in [3.8, 4) is 6.07 Å². The van der Waals surface area contributed by atoms with Gasteiger partial charge in [-0.05, 0) is 25.5 Å². The maximum atomic E-state index is 11.8. The Labute approximate surface area is 123 Å². The van der Waals surface area contributed by atoms with Gasteiger partial charge in [-0.25, -0.2) is 0 Å². The molecule has 0 N–H and O–H groups in total. The minimum atomic E-state index is -1.33. The van der Waals surface area contributed by atoms with Crippen LogP contribution < -0.4 is 0 Å². The van der Waals surface area contributed by atoms with Crippen molar-refractivity contribution < 1.29 is 19.1 Å². The van der Waals surface area contributed by atoms with Gasteiger partial charge in [0.25, 0.3) is 0 Å². The summed E-state index contributed by atoms with van der Waals surface area (Å²) in [5, 5.41) is 9.57. The minimum absolute atomic E-state index is 0.215. The molecule has 0 aliphatic heterocycles. The van der Waals surface area contributed by atoms with E-state index < -0.39 is 17.4 Å². The van der Waals surface area contributed by atoms with E-state index in [-0.39, 0.29) is 26.1 Å². The van der Waals surface area contributed by atoms with Crippen LogP contribution in [0.25, 0.3) is 0 Å². The first-order valence-electron chi connectivity index (χ1n) is 6.71. The van der Waals surface area contributed by atoms with Gasteiger partial charge in [0.15, 0.2) is 0 Å². The Morgan fingerprint density at radius 1 is 1.24 bits per heavy atom. The van der Waals surface area contributed by atoms with Crippen LogP contribution in [0.3, 0.4) is 0 Å². The van der Waals surface area contributed by atoms with E-state index in [1.807, 2.05) is 0 Å². The highest BCUT2D eigenvalue weighted by Gasteiger charge is 2.39. The highest BCUT2D eigenvalue weighted by Crippen LogP contribution is 2.31. The fourth-order valence-corrected chi connectivity index (χ4v) is 1.97. The van der Waals surface area contributed by atoms with Gasteiger partial charge in [0.05, 0.1) is 32.1 Å². The third-order valence-corrected chi connectivity index (χ3v) is 2.93. The molecular weight excluding hydrogens is 272 g/mol. The third kappa shape index (κ3) is 4.56. The van der Waals surface area contributed by atoms with E-state index in [9.17, 15) is 14.9 Å². The van der Waals surface area contributed by atoms with Gasteiger partial charge >= 0.3 is 11.9 Å². The first-order chi connectivity index (χ1) is 10.1. The summed E-state index contributed by atoms with van der Waals surface area (Å²) in [6, 6.07) is 5.38. The van der Waals surface area contributed by atoms with E-state index >= 15 is 0 Å². The number of hydrogen-bond donors (Lipinski definition) is 0. The van der Waals surface area contributed by atoms with Crippen LogP contribution in [0.1, 0.15) is 32.3 Å². The molecule has 1 aromatic heterocycles. The Bertz CT molecular complexity index is 502. The largest absolute Gasteiger partial charge is 0.466 e. The molecule has 0 spiro atoms. The molecule has 0 aliphatic carbocycles. The summed E-state index contributed by atoms with van der Waals surface area (Å²) in [7, 11) is 0. The zero-order valence-electron chi connectivity index (χ0n) is 12.2. The molecule has 0 aliphatic rings. The number of rotatable bonds is 7. The Kier molecular flexibility index (Phi) is 6.34. The van der Waals surface area contributed by atoms with Gasteiger partial charge in [0.2, 0.25) is 0 Å². The number of pyridine rings is 1. The van der Waals surface area contributed by atoms with E-state index in [0.717, 1.165) is 0 Å². The molecule has 6 nitrogen and oxygen atoms in total. The quantitative estimate of drug-likeness (QED) is 0.711. The van der Waals surface area contributed by atoms with Crippen molar-refractivity contribution in [2.24, 2.45) is 0 Å². The molecule has 0 bridgehead atoms. The molecule has 0 atom stereocenters. The predicted molar refractivity (Wildman–Crippen MR) is 74.0 cm³/mol. The van der Waals surface area contributed by atoms with Crippen LogP contribution in [0, 0.1) is 11.3 Å². The Morgan fingerprint density at radius 3 is 2.19 bits per heavy atom. The Balaban J connectivity index is 3.10. The standard InChI is InChI=1S/C15H18N2O4/c1-3-20-13(18)8-15(11-16,9-14(19)21-4-2)12-6-5-7-17-10-12/h5-7,10H,3-4,8-9H2,1-2H3. The number of carbonyl (C=O) groups excluding carboxylic acids is 2. The van der Waals surface area contributed by atoms with E-state index in [1.54, 1.807) is 32.2 Å². The Morgan fingerprint density at radius 2 is 1.81 bits per heavy atom. The van der Waals surface area contributed by atoms with Crippen molar-refractivity contribution in [2.45, 2.75) is 32.1 Å². The number of aromatic nitrogens is 1. The molecule has 0 unspecified atom stereocenters. The van der Waals surface area contributed by atoms with Gasteiger partial charge in [-0.2, -0.15) is 5.26 Å². The van der Waals surface area contributed by atoms with Gasteiger partial charge < -0.3 is 9.47 Å². The van der Waals surface area contributed by atoms with Crippen LogP contribution in [-0.4, -0.2) is 30.1 Å². The summed E-state index contributed by atoms with van der Waals surface area (Å²) >= 11 is 0. The summed E-state index contributed by atoms with van der Waals surface area (Å²) in [5.74, 6) is -1.07. The lowest BCUT2D eigenvalue weighted by Gasteiger charge is -2.24. The van der Waals surface area contributed by atoms with Crippen LogP contribution in [0.15, 0.2) is 24.5 Å². The lowest BCUT2D eigenvalue weighted by atomic mass is 9.77. The van der Waals surface area contributed by atoms with E-state index in [2.05, 4.69) is 11.1 Å². The number of nitrogens with zero attached hydrogens (tertiary/aromatic N) is 2. The predicted octanol–water partition coefficient (Wildman–Crippen LogP) is 1.75. The van der Waals surface area contributed by atoms with Crippen molar-refractivity contribution in [2.75, 3.05) is 13.2 Å². The van der Waals surface area contributed by atoms with E-state index in [4.69, 9.17) is 9.47 Å². The molecule has 1 heterocycles. The van der Waals surface area contributed by atoms with Gasteiger partial charge in [0.1, 0.15) is 5.41 Å². The van der Waals surface area contributed by atoms with Crippen LogP contribution in [0.5, 0.6) is 0 Å². The molecule has 0 radical (unpaired) electrons. The van der Waals surface area contributed by atoms with Gasteiger partial charge in [-0.3, -0.25) is 14.6 Å². The number of hydrogen-bond acceptors (Lipinski definition) is 6. The van der Waals surface area contributed by atoms with Crippen LogP contribution in [-0.2, 0) is 24.5 Å². The second-order valence-corrected chi connectivity index (χ2v) is 4.40. The van der Waals surface area contributed by atoms with Crippen molar-refractivity contribution in [1.82, 2.24) is 4.98 Å². The molecule has 21 heavy (non-hydrogen) atoms. The normalized spacial score (nSPS) is 10.5. The minimum Gasteiger partial charge on any atom is -0.466 e. The fraction of sp³-hybridized carbons (Fsp3) is 0.467. The van der Waals surface area contributed by atoms with Crippen LogP contribution >= 0.6 is 0 Å². The maximum Gasteiger partial charge on any atom is 0.307 e. The highest BCUT2D eigenvalue weighted by atomic mass is 16.5. The molecule has 1 rings (SSSR count). The zero-order valence-corrected chi connectivity index (χ0v) is 12.2. The molecule has 0 saturated carbocycles. The second-order valence-electron chi connectivity index (χ2n) is 4.40. The summed E-state index contributed by atoms with van der Waals surface area (Å²) in [6.07, 6.45) is 2.59. The topological polar surface area (TPSA) is 89.3 Å². The smallest absolute Gasteiger partial charge is 0.307 e. The summed E-state index contributed by atoms with van der Waals surface area (Å²) in [5.41, 5.74) is -0.833. The summed E-state index contributed by atoms with van der Waals surface area (Å²) in [6.45, 7) is 3.79. The summed E-state index contributed by atoms with van der Waals surface area (Å²) < 4.78 is 9.80. The number of esters is 2.